The molecule has 4 nitrogen and oxygen atoms in total. The molecule has 4 rings (SSSR count). The molecule has 0 amide bonds. The number of benzene rings is 2. The molecule has 0 spiro atoms. The highest BCUT2D eigenvalue weighted by molar-refractivity contribution is 6.02. The van der Waals surface area contributed by atoms with Gasteiger partial charge in [0.15, 0.2) is 0 Å². The lowest BCUT2D eigenvalue weighted by Crippen LogP contribution is -2.06. The summed E-state index contributed by atoms with van der Waals surface area (Å²) in [7, 11) is 0. The first-order chi connectivity index (χ1) is 11.9. The van der Waals surface area contributed by atoms with Crippen LogP contribution in [0.15, 0.2) is 64.8 Å². The zero-order chi connectivity index (χ0) is 16.2. The van der Waals surface area contributed by atoms with Crippen LogP contribution in [0.5, 0.6) is 0 Å². The average Bonchev–Trinajstić information content (AvgIpc) is 3.28. The summed E-state index contributed by atoms with van der Waals surface area (Å²) in [5.74, 6) is 0.922. The maximum absolute atomic E-state index is 4.67. The molecule has 1 saturated carbocycles. The Morgan fingerprint density at radius 1 is 0.958 bits per heavy atom. The van der Waals surface area contributed by atoms with Gasteiger partial charge in [-0.1, -0.05) is 42.5 Å². The summed E-state index contributed by atoms with van der Waals surface area (Å²) >= 11 is 0. The molecule has 0 bridgehead atoms. The van der Waals surface area contributed by atoms with Gasteiger partial charge < -0.3 is 4.98 Å². The number of nitrogens with zero attached hydrogens (tertiary/aromatic N) is 3. The molecule has 1 heterocycles. The summed E-state index contributed by atoms with van der Waals surface area (Å²) in [6.07, 6.45) is 5.28. The maximum Gasteiger partial charge on any atom is 0.113 e. The van der Waals surface area contributed by atoms with Crippen molar-refractivity contribution in [3.05, 3.63) is 66.0 Å². The predicted octanol–water partition coefficient (Wildman–Crippen LogP) is 4.52. The van der Waals surface area contributed by atoms with E-state index in [4.69, 9.17) is 0 Å². The minimum atomic E-state index is 0.648. The molecule has 1 N–H and O–H groups in total. The molecular formula is C20H20N4. The molecule has 0 saturated heterocycles. The Bertz CT molecular complexity index is 849. The van der Waals surface area contributed by atoms with Crippen molar-refractivity contribution < 1.29 is 0 Å². The Morgan fingerprint density at radius 3 is 2.50 bits per heavy atom. The first kappa shape index (κ1) is 14.8. The minimum Gasteiger partial charge on any atom is -0.342 e. The van der Waals surface area contributed by atoms with Gasteiger partial charge in [-0.3, -0.25) is 0 Å². The molecule has 4 heteroatoms. The third kappa shape index (κ3) is 3.27. The Hall–Kier alpha value is -2.75. The first-order valence-corrected chi connectivity index (χ1v) is 8.50. The molecule has 1 aromatic heterocycles. The van der Waals surface area contributed by atoms with Gasteiger partial charge in [-0.25, -0.2) is 4.98 Å². The Morgan fingerprint density at radius 2 is 1.71 bits per heavy atom. The van der Waals surface area contributed by atoms with E-state index >= 15 is 0 Å². The van der Waals surface area contributed by atoms with Crippen molar-refractivity contribution in [2.24, 2.45) is 10.2 Å². The Kier molecular flexibility index (Phi) is 4.19. The highest BCUT2D eigenvalue weighted by Crippen LogP contribution is 2.16. The van der Waals surface area contributed by atoms with Crippen LogP contribution in [0.3, 0.4) is 0 Å². The molecule has 0 unspecified atom stereocenters. The highest BCUT2D eigenvalue weighted by Gasteiger charge is 2.11. The summed E-state index contributed by atoms with van der Waals surface area (Å²) in [6.45, 7) is 0. The zero-order valence-electron chi connectivity index (χ0n) is 13.6. The number of fused-ring (bicyclic) bond motifs is 1. The highest BCUT2D eigenvalue weighted by atomic mass is 15.2. The summed E-state index contributed by atoms with van der Waals surface area (Å²) in [4.78, 5) is 8.06. The number of hydrogen-bond acceptors (Lipinski definition) is 3. The minimum absolute atomic E-state index is 0.648. The molecule has 1 aliphatic carbocycles. The quantitative estimate of drug-likeness (QED) is 0.558. The van der Waals surface area contributed by atoms with Gasteiger partial charge in [0.25, 0.3) is 0 Å². The van der Waals surface area contributed by atoms with E-state index in [2.05, 4.69) is 32.3 Å². The molecule has 0 atom stereocenters. The van der Waals surface area contributed by atoms with Gasteiger partial charge in [-0.05, 0) is 43.4 Å². The summed E-state index contributed by atoms with van der Waals surface area (Å²) in [5, 5.41) is 9.10. The number of hydrogen-bond donors (Lipinski definition) is 1. The van der Waals surface area contributed by atoms with Crippen LogP contribution in [0.25, 0.3) is 11.0 Å². The van der Waals surface area contributed by atoms with Crippen molar-refractivity contribution in [1.29, 1.82) is 0 Å². The van der Waals surface area contributed by atoms with Gasteiger partial charge in [0.05, 0.1) is 23.2 Å². The van der Waals surface area contributed by atoms with E-state index in [-0.39, 0.29) is 0 Å². The van der Waals surface area contributed by atoms with Crippen LogP contribution in [-0.2, 0) is 6.42 Å². The molecular weight excluding hydrogens is 296 g/mol. The summed E-state index contributed by atoms with van der Waals surface area (Å²) < 4.78 is 0. The van der Waals surface area contributed by atoms with Crippen LogP contribution < -0.4 is 0 Å². The fourth-order valence-electron chi connectivity index (χ4n) is 3.09. The van der Waals surface area contributed by atoms with Gasteiger partial charge >= 0.3 is 0 Å². The van der Waals surface area contributed by atoms with Crippen LogP contribution in [0.2, 0.25) is 0 Å². The number of nitrogens with one attached hydrogen (secondary N) is 1. The zero-order valence-corrected chi connectivity index (χ0v) is 13.6. The van der Waals surface area contributed by atoms with Crippen LogP contribution in [-0.4, -0.2) is 21.4 Å². The van der Waals surface area contributed by atoms with Gasteiger partial charge in [0.2, 0.25) is 0 Å². The predicted molar refractivity (Wildman–Crippen MR) is 98.7 cm³/mol. The van der Waals surface area contributed by atoms with Crippen LogP contribution in [0, 0.1) is 0 Å². The fraction of sp³-hybridized carbons (Fsp3) is 0.250. The number of H-pyrrole nitrogens is 1. The lowest BCUT2D eigenvalue weighted by Gasteiger charge is -2.03. The number of aromatic amines is 1. The van der Waals surface area contributed by atoms with Crippen molar-refractivity contribution in [2.45, 2.75) is 32.1 Å². The number of para-hydroxylation sites is 2. The molecule has 0 radical (unpaired) electrons. The first-order valence-electron chi connectivity index (χ1n) is 8.50. The molecule has 120 valence electrons. The molecule has 1 aliphatic rings. The van der Waals surface area contributed by atoms with Crippen molar-refractivity contribution >= 4 is 22.5 Å². The number of rotatable bonds is 4. The third-order valence-electron chi connectivity index (χ3n) is 4.37. The lowest BCUT2D eigenvalue weighted by atomic mass is 10.1. The second-order valence-electron chi connectivity index (χ2n) is 6.16. The normalized spacial score (nSPS) is 15.2. The van der Waals surface area contributed by atoms with Gasteiger partial charge in [-0.15, -0.1) is 0 Å². The van der Waals surface area contributed by atoms with Gasteiger partial charge in [0.1, 0.15) is 5.82 Å². The second-order valence-corrected chi connectivity index (χ2v) is 6.16. The maximum atomic E-state index is 4.67. The molecule has 2 aromatic carbocycles. The van der Waals surface area contributed by atoms with Crippen LogP contribution in [0.1, 0.15) is 37.1 Å². The van der Waals surface area contributed by atoms with E-state index in [9.17, 15) is 0 Å². The number of imidazole rings is 1. The van der Waals surface area contributed by atoms with E-state index in [0.717, 1.165) is 41.0 Å². The van der Waals surface area contributed by atoms with E-state index in [1.807, 2.05) is 42.5 Å². The molecule has 3 aromatic rings. The van der Waals surface area contributed by atoms with E-state index < -0.39 is 0 Å². The topological polar surface area (TPSA) is 53.4 Å². The standard InChI is InChI=1S/C20H20N4/c1-2-8-15(9-3-1)19(24-23-16-10-4-5-11-16)14-20-21-17-12-6-7-13-18(17)22-20/h1-3,6-9,12-13H,4-5,10-11,14H2,(H,21,22). The molecule has 1 fully saturated rings. The fourth-order valence-corrected chi connectivity index (χ4v) is 3.09. The Balaban J connectivity index is 1.66. The summed E-state index contributed by atoms with van der Waals surface area (Å²) in [5.41, 5.74) is 5.31. The third-order valence-corrected chi connectivity index (χ3v) is 4.37. The second kappa shape index (κ2) is 6.79. The smallest absolute Gasteiger partial charge is 0.113 e. The lowest BCUT2D eigenvalue weighted by molar-refractivity contribution is 0.886. The van der Waals surface area contributed by atoms with Crippen molar-refractivity contribution in [1.82, 2.24) is 9.97 Å². The van der Waals surface area contributed by atoms with Crippen LogP contribution >= 0.6 is 0 Å². The van der Waals surface area contributed by atoms with Crippen molar-refractivity contribution in [3.63, 3.8) is 0 Å². The monoisotopic (exact) mass is 316 g/mol. The van der Waals surface area contributed by atoms with E-state index in [0.29, 0.717) is 6.42 Å². The molecule has 24 heavy (non-hydrogen) atoms. The SMILES string of the molecule is c1ccc(C(Cc2nc3ccccc3[nH]2)=NN=C2CCCC2)cc1. The van der Waals surface area contributed by atoms with Crippen LogP contribution in [0.4, 0.5) is 0 Å². The largest absolute Gasteiger partial charge is 0.342 e. The van der Waals surface area contributed by atoms with E-state index in [1.165, 1.54) is 18.6 Å². The summed E-state index contributed by atoms with van der Waals surface area (Å²) in [6, 6.07) is 18.3. The Labute approximate surface area is 141 Å². The number of aromatic nitrogens is 2. The van der Waals surface area contributed by atoms with Gasteiger partial charge in [-0.2, -0.15) is 10.2 Å². The van der Waals surface area contributed by atoms with Crippen molar-refractivity contribution in [2.75, 3.05) is 0 Å². The molecule has 0 aliphatic heterocycles. The van der Waals surface area contributed by atoms with E-state index in [1.54, 1.807) is 0 Å². The van der Waals surface area contributed by atoms with Crippen molar-refractivity contribution in [3.8, 4) is 0 Å². The van der Waals surface area contributed by atoms with Gasteiger partial charge in [0, 0.05) is 5.71 Å². The average molecular weight is 316 g/mol.